The van der Waals surface area contributed by atoms with Crippen LogP contribution in [0.15, 0.2) is 24.3 Å². The summed E-state index contributed by atoms with van der Waals surface area (Å²) in [5, 5.41) is 12.6. The summed E-state index contributed by atoms with van der Waals surface area (Å²) in [4.78, 5) is 13.7. The minimum Gasteiger partial charge on any atom is -0.489 e. The zero-order valence-corrected chi connectivity index (χ0v) is 12.8. The number of hydrogen-bond acceptors (Lipinski definition) is 3. The number of nitrogens with one attached hydrogen (secondary N) is 1. The van der Waals surface area contributed by atoms with Crippen LogP contribution in [-0.2, 0) is 0 Å². The number of aliphatic hydroxyl groups is 1. The van der Waals surface area contributed by atoms with Crippen molar-refractivity contribution in [3.8, 4) is 5.75 Å². The van der Waals surface area contributed by atoms with Crippen molar-refractivity contribution >= 4 is 17.6 Å². The Bertz CT molecular complexity index is 466. The molecule has 116 valence electrons. The molecule has 6 heteroatoms. The average molecular weight is 313 g/mol. The summed E-state index contributed by atoms with van der Waals surface area (Å²) >= 11 is 5.81. The van der Waals surface area contributed by atoms with Crippen LogP contribution in [0.25, 0.3) is 0 Å². The number of carbonyl (C=O) groups excluding carboxylic acids is 1. The van der Waals surface area contributed by atoms with Gasteiger partial charge in [0, 0.05) is 30.6 Å². The van der Waals surface area contributed by atoms with Gasteiger partial charge in [-0.3, -0.25) is 0 Å². The highest BCUT2D eigenvalue weighted by Gasteiger charge is 2.25. The summed E-state index contributed by atoms with van der Waals surface area (Å²) in [6.45, 7) is 3.79. The second-order valence-corrected chi connectivity index (χ2v) is 5.79. The maximum Gasteiger partial charge on any atom is 0.317 e. The zero-order chi connectivity index (χ0) is 15.2. The fourth-order valence-electron chi connectivity index (χ4n) is 2.30. The highest BCUT2D eigenvalue weighted by Crippen LogP contribution is 2.17. The predicted octanol–water partition coefficient (Wildman–Crippen LogP) is 2.13. The maximum absolute atomic E-state index is 12.0. The number of likely N-dealkylation sites (tertiary alicyclic amines) is 1. The molecular weight excluding hydrogens is 292 g/mol. The average Bonchev–Trinajstić information content (AvgIpc) is 2.96. The van der Waals surface area contributed by atoms with Crippen molar-refractivity contribution < 1.29 is 14.6 Å². The Kier molecular flexibility index (Phi) is 5.70. The fraction of sp³-hybridized carbons (Fsp3) is 0.533. The molecule has 0 bridgehead atoms. The lowest BCUT2D eigenvalue weighted by atomic mass is 10.1. The lowest BCUT2D eigenvalue weighted by molar-refractivity contribution is 0.184. The molecule has 5 nitrogen and oxygen atoms in total. The molecule has 0 saturated carbocycles. The van der Waals surface area contributed by atoms with E-state index in [4.69, 9.17) is 21.4 Å². The van der Waals surface area contributed by atoms with E-state index < -0.39 is 0 Å². The van der Waals surface area contributed by atoms with Crippen LogP contribution >= 0.6 is 11.6 Å². The molecule has 1 fully saturated rings. The van der Waals surface area contributed by atoms with Crippen molar-refractivity contribution in [2.45, 2.75) is 19.4 Å². The molecule has 1 saturated heterocycles. The van der Waals surface area contributed by atoms with E-state index in [1.165, 1.54) is 0 Å². The number of nitrogens with zero attached hydrogens (tertiary/aromatic N) is 1. The quantitative estimate of drug-likeness (QED) is 0.875. The van der Waals surface area contributed by atoms with Gasteiger partial charge in [0.25, 0.3) is 0 Å². The lowest BCUT2D eigenvalue weighted by Gasteiger charge is -2.20. The van der Waals surface area contributed by atoms with E-state index >= 15 is 0 Å². The highest BCUT2D eigenvalue weighted by atomic mass is 35.5. The van der Waals surface area contributed by atoms with E-state index in [1.807, 2.05) is 6.92 Å². The van der Waals surface area contributed by atoms with Crippen molar-refractivity contribution in [2.75, 3.05) is 26.2 Å². The van der Waals surface area contributed by atoms with Crippen LogP contribution < -0.4 is 10.1 Å². The molecule has 1 aliphatic heterocycles. The molecular formula is C15H21ClN2O3. The molecule has 1 aromatic carbocycles. The Hall–Kier alpha value is -1.46. The monoisotopic (exact) mass is 312 g/mol. The number of benzene rings is 1. The molecule has 2 amide bonds. The van der Waals surface area contributed by atoms with Crippen LogP contribution in [0, 0.1) is 5.92 Å². The molecule has 1 aliphatic rings. The van der Waals surface area contributed by atoms with Crippen LogP contribution in [0.4, 0.5) is 4.79 Å². The van der Waals surface area contributed by atoms with E-state index in [2.05, 4.69) is 5.32 Å². The van der Waals surface area contributed by atoms with Gasteiger partial charge in [-0.1, -0.05) is 11.6 Å². The number of carbonyl (C=O) groups is 1. The topological polar surface area (TPSA) is 61.8 Å². The van der Waals surface area contributed by atoms with E-state index in [0.717, 1.165) is 12.2 Å². The Balaban J connectivity index is 1.72. The van der Waals surface area contributed by atoms with Crippen LogP contribution in [0.3, 0.4) is 0 Å². The third kappa shape index (κ3) is 4.79. The first kappa shape index (κ1) is 15.9. The van der Waals surface area contributed by atoms with E-state index in [9.17, 15) is 4.79 Å². The van der Waals surface area contributed by atoms with Gasteiger partial charge in [-0.2, -0.15) is 0 Å². The minimum absolute atomic E-state index is 0.0995. The Labute approximate surface area is 129 Å². The predicted molar refractivity (Wildman–Crippen MR) is 81.7 cm³/mol. The molecule has 0 radical (unpaired) electrons. The van der Waals surface area contributed by atoms with Crippen molar-refractivity contribution in [2.24, 2.45) is 5.92 Å². The Morgan fingerprint density at radius 1 is 1.52 bits per heavy atom. The normalized spacial score (nSPS) is 19.4. The van der Waals surface area contributed by atoms with Gasteiger partial charge in [-0.15, -0.1) is 0 Å². The van der Waals surface area contributed by atoms with E-state index in [0.29, 0.717) is 24.7 Å². The van der Waals surface area contributed by atoms with Crippen LogP contribution in [-0.4, -0.2) is 48.4 Å². The number of urea groups is 1. The number of rotatable bonds is 5. The standard InChI is InChI=1S/C15H21ClN2O3/c1-11(21-14-4-2-13(16)3-5-14)8-17-15(20)18-7-6-12(9-18)10-19/h2-5,11-12,19H,6-10H2,1H3,(H,17,20). The first-order chi connectivity index (χ1) is 10.1. The minimum atomic E-state index is -0.133. The van der Waals surface area contributed by atoms with Gasteiger partial charge in [-0.25, -0.2) is 4.79 Å². The van der Waals surface area contributed by atoms with Gasteiger partial charge < -0.3 is 20.1 Å². The second-order valence-electron chi connectivity index (χ2n) is 5.35. The number of halogens is 1. The van der Waals surface area contributed by atoms with Gasteiger partial charge in [-0.05, 0) is 37.6 Å². The zero-order valence-electron chi connectivity index (χ0n) is 12.1. The van der Waals surface area contributed by atoms with Gasteiger partial charge in [0.15, 0.2) is 0 Å². The summed E-state index contributed by atoms with van der Waals surface area (Å²) in [5.41, 5.74) is 0. The molecule has 2 N–H and O–H groups in total. The molecule has 0 spiro atoms. The smallest absolute Gasteiger partial charge is 0.317 e. The molecule has 21 heavy (non-hydrogen) atoms. The van der Waals surface area contributed by atoms with E-state index in [-0.39, 0.29) is 24.7 Å². The second kappa shape index (κ2) is 7.52. The molecule has 1 aromatic rings. The van der Waals surface area contributed by atoms with Gasteiger partial charge >= 0.3 is 6.03 Å². The summed E-state index contributed by atoms with van der Waals surface area (Å²) < 4.78 is 5.69. The van der Waals surface area contributed by atoms with Gasteiger partial charge in [0.1, 0.15) is 11.9 Å². The third-order valence-corrected chi connectivity index (χ3v) is 3.77. The van der Waals surface area contributed by atoms with Crippen molar-refractivity contribution in [3.63, 3.8) is 0 Å². The summed E-state index contributed by atoms with van der Waals surface area (Å²) in [7, 11) is 0. The van der Waals surface area contributed by atoms with Crippen molar-refractivity contribution in [3.05, 3.63) is 29.3 Å². The summed E-state index contributed by atoms with van der Waals surface area (Å²) in [6, 6.07) is 7.03. The third-order valence-electron chi connectivity index (χ3n) is 3.52. The fourth-order valence-corrected chi connectivity index (χ4v) is 2.42. The van der Waals surface area contributed by atoms with Crippen LogP contribution in [0.2, 0.25) is 5.02 Å². The van der Waals surface area contributed by atoms with Gasteiger partial charge in [0.2, 0.25) is 0 Å². The summed E-state index contributed by atoms with van der Waals surface area (Å²) in [5.74, 6) is 0.932. The van der Waals surface area contributed by atoms with Crippen molar-refractivity contribution in [1.82, 2.24) is 10.2 Å². The molecule has 0 aliphatic carbocycles. The molecule has 2 unspecified atom stereocenters. The van der Waals surface area contributed by atoms with Crippen molar-refractivity contribution in [1.29, 1.82) is 0 Å². The van der Waals surface area contributed by atoms with Crippen LogP contribution in [0.1, 0.15) is 13.3 Å². The Morgan fingerprint density at radius 2 is 2.24 bits per heavy atom. The lowest BCUT2D eigenvalue weighted by Crippen LogP contribution is -2.42. The number of ether oxygens (including phenoxy) is 1. The number of amides is 2. The highest BCUT2D eigenvalue weighted by molar-refractivity contribution is 6.30. The molecule has 2 atom stereocenters. The largest absolute Gasteiger partial charge is 0.489 e. The van der Waals surface area contributed by atoms with Crippen LogP contribution in [0.5, 0.6) is 5.75 Å². The summed E-state index contributed by atoms with van der Waals surface area (Å²) in [6.07, 6.45) is 0.729. The maximum atomic E-state index is 12.0. The Morgan fingerprint density at radius 3 is 2.86 bits per heavy atom. The number of hydrogen-bond donors (Lipinski definition) is 2. The van der Waals surface area contributed by atoms with E-state index in [1.54, 1.807) is 29.2 Å². The first-order valence-corrected chi connectivity index (χ1v) is 7.52. The molecule has 0 aromatic heterocycles. The number of aliphatic hydroxyl groups excluding tert-OH is 1. The van der Waals surface area contributed by atoms with Gasteiger partial charge in [0.05, 0.1) is 6.54 Å². The molecule has 1 heterocycles. The molecule has 2 rings (SSSR count). The first-order valence-electron chi connectivity index (χ1n) is 7.14. The SMILES string of the molecule is CC(CNC(=O)N1CCC(CO)C1)Oc1ccc(Cl)cc1.